The fourth-order valence-corrected chi connectivity index (χ4v) is 9.02. The molecule has 0 bridgehead atoms. The van der Waals surface area contributed by atoms with Gasteiger partial charge >= 0.3 is 5.97 Å². The van der Waals surface area contributed by atoms with E-state index in [0.717, 1.165) is 43.4 Å². The molecular formula is C24H40O3. The van der Waals surface area contributed by atoms with Crippen molar-refractivity contribution in [2.75, 3.05) is 0 Å². The first-order chi connectivity index (χ1) is 12.7. The van der Waals surface area contributed by atoms with E-state index < -0.39 is 0 Å². The van der Waals surface area contributed by atoms with Crippen LogP contribution in [0.3, 0.4) is 0 Å². The zero-order valence-corrected chi connectivity index (χ0v) is 18.0. The number of aliphatic hydroxyl groups excluding tert-OH is 1. The maximum atomic E-state index is 11.4. The molecular weight excluding hydrogens is 336 g/mol. The number of fused-ring (bicyclic) bond motifs is 5. The first-order valence-electron chi connectivity index (χ1n) is 11.6. The van der Waals surface area contributed by atoms with Gasteiger partial charge in [0.25, 0.3) is 0 Å². The number of hydrogen-bond acceptors (Lipinski definition) is 3. The molecule has 1 N–H and O–H groups in total. The van der Waals surface area contributed by atoms with Crippen LogP contribution in [0.4, 0.5) is 0 Å². The second-order valence-electron chi connectivity index (χ2n) is 11.1. The summed E-state index contributed by atoms with van der Waals surface area (Å²) in [5.41, 5.74) is 0.542. The summed E-state index contributed by atoms with van der Waals surface area (Å²) in [7, 11) is 0. The van der Waals surface area contributed by atoms with Crippen LogP contribution in [0.5, 0.6) is 0 Å². The highest BCUT2D eigenvalue weighted by Crippen LogP contribution is 2.68. The maximum Gasteiger partial charge on any atom is 0.302 e. The molecule has 0 spiro atoms. The minimum absolute atomic E-state index is 0.0964. The molecule has 4 aliphatic rings. The van der Waals surface area contributed by atoms with Crippen LogP contribution in [0.25, 0.3) is 0 Å². The van der Waals surface area contributed by atoms with Gasteiger partial charge in [-0.25, -0.2) is 0 Å². The van der Waals surface area contributed by atoms with Crippen molar-refractivity contribution in [2.45, 2.75) is 98.2 Å². The maximum absolute atomic E-state index is 11.4. The summed E-state index contributed by atoms with van der Waals surface area (Å²) in [4.78, 5) is 11.4. The first kappa shape index (κ1) is 19.7. The summed E-state index contributed by atoms with van der Waals surface area (Å²) in [6.45, 7) is 11.3. The smallest absolute Gasteiger partial charge is 0.302 e. The summed E-state index contributed by atoms with van der Waals surface area (Å²) in [5.74, 6) is 3.92. The Kier molecular flexibility index (Phi) is 4.93. The minimum Gasteiger partial charge on any atom is -0.463 e. The van der Waals surface area contributed by atoms with E-state index in [4.69, 9.17) is 4.74 Å². The van der Waals surface area contributed by atoms with Gasteiger partial charge in [0.15, 0.2) is 0 Å². The summed E-state index contributed by atoms with van der Waals surface area (Å²) < 4.78 is 5.57. The standard InChI is InChI=1S/C24H40O3/c1-6-19-14(2)11-20-18-8-7-16-12-17(27-15(3)25)9-10-23(16,4)22(18)21(26)13-24(19,20)5/h14,16-22,26H,6-13H2,1-5H3/t14-,16?,17-,18+,19+,20+,21+,22-,23+,24-/m1/s1. The molecule has 0 aromatic carbocycles. The molecule has 4 fully saturated rings. The van der Waals surface area contributed by atoms with Crippen molar-refractivity contribution in [3.63, 3.8) is 0 Å². The number of rotatable bonds is 2. The van der Waals surface area contributed by atoms with E-state index in [1.54, 1.807) is 0 Å². The van der Waals surface area contributed by atoms with Crippen molar-refractivity contribution < 1.29 is 14.6 Å². The van der Waals surface area contributed by atoms with E-state index in [1.807, 2.05) is 0 Å². The molecule has 3 nitrogen and oxygen atoms in total. The molecule has 0 radical (unpaired) electrons. The predicted octanol–water partition coefficient (Wildman–Crippen LogP) is 5.20. The second kappa shape index (κ2) is 6.75. The van der Waals surface area contributed by atoms with Crippen molar-refractivity contribution in [1.82, 2.24) is 0 Å². The number of ether oxygens (including phenoxy) is 1. The van der Waals surface area contributed by atoms with Crippen molar-refractivity contribution in [1.29, 1.82) is 0 Å². The normalized spacial score (nSPS) is 54.6. The lowest BCUT2D eigenvalue weighted by Crippen LogP contribution is -2.59. The lowest BCUT2D eigenvalue weighted by atomic mass is 9.44. The Morgan fingerprint density at radius 3 is 2.56 bits per heavy atom. The number of hydrogen-bond donors (Lipinski definition) is 1. The molecule has 10 atom stereocenters. The number of carbonyl (C=O) groups excluding carboxylic acids is 1. The molecule has 27 heavy (non-hydrogen) atoms. The minimum atomic E-state index is -0.159. The predicted molar refractivity (Wildman–Crippen MR) is 107 cm³/mol. The van der Waals surface area contributed by atoms with Gasteiger partial charge in [0.1, 0.15) is 6.10 Å². The summed E-state index contributed by atoms with van der Waals surface area (Å²) in [6.07, 6.45) is 9.13. The van der Waals surface area contributed by atoms with Gasteiger partial charge in [0.05, 0.1) is 6.10 Å². The van der Waals surface area contributed by atoms with E-state index in [0.29, 0.717) is 23.2 Å². The average Bonchev–Trinajstić information content (AvgIpc) is 2.83. The third-order valence-corrected chi connectivity index (χ3v) is 9.92. The van der Waals surface area contributed by atoms with Gasteiger partial charge in [-0.2, -0.15) is 0 Å². The van der Waals surface area contributed by atoms with Gasteiger partial charge in [-0.05, 0) is 91.3 Å². The van der Waals surface area contributed by atoms with Crippen molar-refractivity contribution in [3.05, 3.63) is 0 Å². The van der Waals surface area contributed by atoms with Gasteiger partial charge in [-0.15, -0.1) is 0 Å². The van der Waals surface area contributed by atoms with Crippen molar-refractivity contribution >= 4 is 5.97 Å². The van der Waals surface area contributed by atoms with E-state index in [2.05, 4.69) is 27.7 Å². The Labute approximate surface area is 165 Å². The van der Waals surface area contributed by atoms with Gasteiger partial charge in [-0.3, -0.25) is 4.79 Å². The molecule has 154 valence electrons. The Morgan fingerprint density at radius 2 is 1.89 bits per heavy atom. The fourth-order valence-electron chi connectivity index (χ4n) is 9.02. The Hall–Kier alpha value is -0.570. The largest absolute Gasteiger partial charge is 0.463 e. The van der Waals surface area contributed by atoms with Crippen LogP contribution in [0.1, 0.15) is 86.0 Å². The molecule has 1 unspecified atom stereocenters. The van der Waals surface area contributed by atoms with Gasteiger partial charge in [0.2, 0.25) is 0 Å². The molecule has 3 heteroatoms. The summed E-state index contributed by atoms with van der Waals surface area (Å²) in [6, 6.07) is 0. The highest BCUT2D eigenvalue weighted by molar-refractivity contribution is 5.66. The third-order valence-electron chi connectivity index (χ3n) is 9.92. The number of carbonyl (C=O) groups is 1. The summed E-state index contributed by atoms with van der Waals surface area (Å²) >= 11 is 0. The quantitative estimate of drug-likeness (QED) is 0.674. The van der Waals surface area contributed by atoms with Crippen molar-refractivity contribution in [2.24, 2.45) is 46.3 Å². The van der Waals surface area contributed by atoms with E-state index in [-0.39, 0.29) is 23.6 Å². The molecule has 0 aliphatic heterocycles. The summed E-state index contributed by atoms with van der Waals surface area (Å²) in [5, 5.41) is 11.4. The van der Waals surface area contributed by atoms with Crippen molar-refractivity contribution in [3.8, 4) is 0 Å². The zero-order chi connectivity index (χ0) is 19.6. The van der Waals surface area contributed by atoms with E-state index >= 15 is 0 Å². The molecule has 0 amide bonds. The highest BCUT2D eigenvalue weighted by Gasteiger charge is 2.63. The molecule has 0 heterocycles. The van der Waals surface area contributed by atoms with Crippen LogP contribution in [0, 0.1) is 46.3 Å². The topological polar surface area (TPSA) is 46.5 Å². The van der Waals surface area contributed by atoms with Crippen LogP contribution in [-0.4, -0.2) is 23.3 Å². The van der Waals surface area contributed by atoms with Gasteiger partial charge < -0.3 is 9.84 Å². The molecule has 4 saturated carbocycles. The lowest BCUT2D eigenvalue weighted by molar-refractivity contribution is -0.184. The van der Waals surface area contributed by atoms with Crippen LogP contribution < -0.4 is 0 Å². The first-order valence-corrected chi connectivity index (χ1v) is 11.6. The Morgan fingerprint density at radius 1 is 1.15 bits per heavy atom. The van der Waals surface area contributed by atoms with Gasteiger partial charge in [-0.1, -0.05) is 34.1 Å². The number of aliphatic hydroxyl groups is 1. The Bertz CT molecular complexity index is 588. The SMILES string of the molecule is CC[C@H]1[C@H](C)C[C@H]2[C@@H]3CCC4C[C@H](OC(C)=O)CC[C@]4(C)[C@H]3[C@@H](O)C[C@@]21C. The van der Waals surface area contributed by atoms with Crippen LogP contribution >= 0.6 is 0 Å². The molecule has 4 rings (SSSR count). The lowest BCUT2D eigenvalue weighted by Gasteiger charge is -2.62. The average molecular weight is 377 g/mol. The van der Waals surface area contributed by atoms with E-state index in [1.165, 1.54) is 32.6 Å². The van der Waals surface area contributed by atoms with Gasteiger partial charge in [0, 0.05) is 6.92 Å². The highest BCUT2D eigenvalue weighted by atomic mass is 16.5. The fraction of sp³-hybridized carbons (Fsp3) is 0.958. The Balaban J connectivity index is 1.59. The number of esters is 1. The van der Waals surface area contributed by atoms with Crippen LogP contribution in [0.2, 0.25) is 0 Å². The molecule has 0 saturated heterocycles. The molecule has 4 aliphatic carbocycles. The third kappa shape index (κ3) is 2.90. The molecule has 0 aromatic heterocycles. The zero-order valence-electron chi connectivity index (χ0n) is 18.0. The second-order valence-corrected chi connectivity index (χ2v) is 11.1. The monoisotopic (exact) mass is 376 g/mol. The van der Waals surface area contributed by atoms with Crippen LogP contribution in [-0.2, 0) is 9.53 Å². The molecule has 0 aromatic rings. The van der Waals surface area contributed by atoms with E-state index in [9.17, 15) is 9.90 Å². The van der Waals surface area contributed by atoms with Crippen LogP contribution in [0.15, 0.2) is 0 Å².